The Balaban J connectivity index is 1.38. The molecule has 0 unspecified atom stereocenters. The van der Waals surface area contributed by atoms with E-state index in [1.165, 1.54) is 0 Å². The van der Waals surface area contributed by atoms with Gasteiger partial charge in [0, 0.05) is 48.4 Å². The molecule has 0 spiro atoms. The van der Waals surface area contributed by atoms with Gasteiger partial charge in [0.05, 0.1) is 10.7 Å². The minimum atomic E-state index is 0.541. The molecule has 0 amide bonds. The summed E-state index contributed by atoms with van der Waals surface area (Å²) in [7, 11) is 0. The molecule has 0 radical (unpaired) electrons. The number of nitrogens with zero attached hydrogens (tertiary/aromatic N) is 4. The standard InChI is InChI=1S/C21H25N5S/c1-15-12-20(25-21(23-15)17-6-4-3-5-7-17)26-10-8-18(9-11-26)22-13-19-14-27-16(2)24-19/h3-7,12,14,18,22H,8-11,13H2,1-2H3. The lowest BCUT2D eigenvalue weighted by atomic mass is 10.0. The molecular weight excluding hydrogens is 354 g/mol. The Labute approximate surface area is 164 Å². The van der Waals surface area contributed by atoms with E-state index in [1.54, 1.807) is 11.3 Å². The van der Waals surface area contributed by atoms with Crippen LogP contribution in [-0.2, 0) is 6.54 Å². The Morgan fingerprint density at radius 2 is 1.85 bits per heavy atom. The fourth-order valence-corrected chi connectivity index (χ4v) is 4.09. The fraction of sp³-hybridized carbons (Fsp3) is 0.381. The molecule has 0 saturated carbocycles. The van der Waals surface area contributed by atoms with Crippen molar-refractivity contribution in [3.05, 3.63) is 58.2 Å². The summed E-state index contributed by atoms with van der Waals surface area (Å²) < 4.78 is 0. The van der Waals surface area contributed by atoms with Gasteiger partial charge < -0.3 is 10.2 Å². The van der Waals surface area contributed by atoms with E-state index in [0.717, 1.165) is 66.1 Å². The Bertz CT molecular complexity index is 885. The number of aryl methyl sites for hydroxylation is 2. The molecule has 3 heterocycles. The molecule has 1 N–H and O–H groups in total. The minimum Gasteiger partial charge on any atom is -0.356 e. The highest BCUT2D eigenvalue weighted by molar-refractivity contribution is 7.09. The van der Waals surface area contributed by atoms with Crippen LogP contribution in [0, 0.1) is 13.8 Å². The van der Waals surface area contributed by atoms with E-state index in [2.05, 4.69) is 50.7 Å². The maximum Gasteiger partial charge on any atom is 0.161 e. The van der Waals surface area contributed by atoms with Gasteiger partial charge in [-0.1, -0.05) is 30.3 Å². The average molecular weight is 380 g/mol. The Morgan fingerprint density at radius 3 is 2.56 bits per heavy atom. The first-order valence-electron chi connectivity index (χ1n) is 9.48. The molecule has 1 aliphatic rings. The lowest BCUT2D eigenvalue weighted by Gasteiger charge is -2.33. The molecule has 27 heavy (non-hydrogen) atoms. The molecule has 2 aromatic heterocycles. The first-order valence-corrected chi connectivity index (χ1v) is 10.4. The average Bonchev–Trinajstić information content (AvgIpc) is 3.12. The van der Waals surface area contributed by atoms with Crippen molar-refractivity contribution >= 4 is 17.2 Å². The normalized spacial score (nSPS) is 15.3. The van der Waals surface area contributed by atoms with Crippen molar-refractivity contribution in [2.24, 2.45) is 0 Å². The lowest BCUT2D eigenvalue weighted by Crippen LogP contribution is -2.42. The van der Waals surface area contributed by atoms with Crippen molar-refractivity contribution in [1.29, 1.82) is 0 Å². The quantitative estimate of drug-likeness (QED) is 0.727. The van der Waals surface area contributed by atoms with Crippen LogP contribution in [0.15, 0.2) is 41.8 Å². The van der Waals surface area contributed by atoms with Gasteiger partial charge in [-0.05, 0) is 26.7 Å². The fourth-order valence-electron chi connectivity index (χ4n) is 3.48. The number of nitrogens with one attached hydrogen (secondary N) is 1. The summed E-state index contributed by atoms with van der Waals surface area (Å²) in [5.41, 5.74) is 3.23. The smallest absolute Gasteiger partial charge is 0.161 e. The van der Waals surface area contributed by atoms with E-state index >= 15 is 0 Å². The number of hydrogen-bond donors (Lipinski definition) is 1. The topological polar surface area (TPSA) is 53.9 Å². The third-order valence-corrected chi connectivity index (χ3v) is 5.75. The molecule has 140 valence electrons. The van der Waals surface area contributed by atoms with Crippen molar-refractivity contribution in [3.8, 4) is 11.4 Å². The van der Waals surface area contributed by atoms with Crippen molar-refractivity contribution in [3.63, 3.8) is 0 Å². The van der Waals surface area contributed by atoms with Crippen LogP contribution in [-0.4, -0.2) is 34.1 Å². The summed E-state index contributed by atoms with van der Waals surface area (Å²) in [5.74, 6) is 1.85. The first-order chi connectivity index (χ1) is 13.2. The molecule has 0 atom stereocenters. The van der Waals surface area contributed by atoms with Crippen molar-refractivity contribution in [2.75, 3.05) is 18.0 Å². The van der Waals surface area contributed by atoms with E-state index in [4.69, 9.17) is 4.98 Å². The Kier molecular flexibility index (Phi) is 5.45. The van der Waals surface area contributed by atoms with Gasteiger partial charge in [-0.25, -0.2) is 15.0 Å². The Morgan fingerprint density at radius 1 is 1.07 bits per heavy atom. The van der Waals surface area contributed by atoms with Crippen molar-refractivity contribution in [1.82, 2.24) is 20.3 Å². The maximum atomic E-state index is 4.83. The monoisotopic (exact) mass is 379 g/mol. The highest BCUT2D eigenvalue weighted by Crippen LogP contribution is 2.23. The molecule has 1 saturated heterocycles. The first kappa shape index (κ1) is 18.1. The summed E-state index contributed by atoms with van der Waals surface area (Å²) in [6, 6.07) is 12.8. The molecule has 0 aliphatic carbocycles. The van der Waals surface area contributed by atoms with Crippen molar-refractivity contribution in [2.45, 2.75) is 39.3 Å². The van der Waals surface area contributed by atoms with Crippen LogP contribution >= 0.6 is 11.3 Å². The van der Waals surface area contributed by atoms with Gasteiger partial charge in [-0.2, -0.15) is 0 Å². The molecule has 1 aromatic carbocycles. The summed E-state index contributed by atoms with van der Waals surface area (Å²) in [6.07, 6.45) is 2.24. The molecule has 4 rings (SSSR count). The van der Waals surface area contributed by atoms with Gasteiger partial charge >= 0.3 is 0 Å². The molecule has 5 nitrogen and oxygen atoms in total. The molecular formula is C21H25N5S. The zero-order chi connectivity index (χ0) is 18.6. The number of thiazole rings is 1. The zero-order valence-corrected chi connectivity index (χ0v) is 16.7. The number of anilines is 1. The van der Waals surface area contributed by atoms with Crippen LogP contribution < -0.4 is 10.2 Å². The molecule has 3 aromatic rings. The number of benzene rings is 1. The van der Waals surface area contributed by atoms with Gasteiger partial charge in [-0.3, -0.25) is 0 Å². The highest BCUT2D eigenvalue weighted by atomic mass is 32.1. The van der Waals surface area contributed by atoms with Crippen LogP contribution in [0.3, 0.4) is 0 Å². The largest absolute Gasteiger partial charge is 0.356 e. The van der Waals surface area contributed by atoms with Crippen LogP contribution in [0.5, 0.6) is 0 Å². The van der Waals surface area contributed by atoms with Crippen LogP contribution in [0.1, 0.15) is 29.2 Å². The van der Waals surface area contributed by atoms with Gasteiger partial charge in [-0.15, -0.1) is 11.3 Å². The molecule has 6 heteroatoms. The van der Waals surface area contributed by atoms with E-state index in [0.29, 0.717) is 6.04 Å². The second-order valence-corrected chi connectivity index (χ2v) is 8.12. The van der Waals surface area contributed by atoms with Crippen LogP contribution in [0.25, 0.3) is 11.4 Å². The van der Waals surface area contributed by atoms with Gasteiger partial charge in [0.1, 0.15) is 5.82 Å². The van der Waals surface area contributed by atoms with E-state index in [1.807, 2.05) is 25.1 Å². The third-order valence-electron chi connectivity index (χ3n) is 4.93. The van der Waals surface area contributed by atoms with Crippen molar-refractivity contribution < 1.29 is 0 Å². The molecule has 0 bridgehead atoms. The van der Waals surface area contributed by atoms with E-state index < -0.39 is 0 Å². The summed E-state index contributed by atoms with van der Waals surface area (Å²) in [4.78, 5) is 16.4. The summed E-state index contributed by atoms with van der Waals surface area (Å²) in [5, 5.41) is 6.94. The van der Waals surface area contributed by atoms with Gasteiger partial charge in [0.25, 0.3) is 0 Å². The number of rotatable bonds is 5. The SMILES string of the molecule is Cc1cc(N2CCC(NCc3csc(C)n3)CC2)nc(-c2ccccc2)n1. The van der Waals surface area contributed by atoms with E-state index in [-0.39, 0.29) is 0 Å². The molecule has 1 fully saturated rings. The van der Waals surface area contributed by atoms with Crippen LogP contribution in [0.4, 0.5) is 5.82 Å². The second-order valence-electron chi connectivity index (χ2n) is 7.06. The minimum absolute atomic E-state index is 0.541. The Hall–Kier alpha value is -2.31. The summed E-state index contributed by atoms with van der Waals surface area (Å²) in [6.45, 7) is 6.98. The molecule has 1 aliphatic heterocycles. The maximum absolute atomic E-state index is 4.83. The lowest BCUT2D eigenvalue weighted by molar-refractivity contribution is 0.411. The number of hydrogen-bond acceptors (Lipinski definition) is 6. The predicted octanol–water partition coefficient (Wildman–Crippen LogP) is 3.98. The number of piperidine rings is 1. The third kappa shape index (κ3) is 4.51. The van der Waals surface area contributed by atoms with E-state index in [9.17, 15) is 0 Å². The van der Waals surface area contributed by atoms with Gasteiger partial charge in [0.2, 0.25) is 0 Å². The zero-order valence-electron chi connectivity index (χ0n) is 15.9. The summed E-state index contributed by atoms with van der Waals surface area (Å²) >= 11 is 1.72. The predicted molar refractivity (Wildman–Crippen MR) is 111 cm³/mol. The number of aromatic nitrogens is 3. The highest BCUT2D eigenvalue weighted by Gasteiger charge is 2.21. The van der Waals surface area contributed by atoms with Gasteiger partial charge in [0.15, 0.2) is 5.82 Å². The second kappa shape index (κ2) is 8.15. The van der Waals surface area contributed by atoms with Crippen LogP contribution in [0.2, 0.25) is 0 Å².